The van der Waals surface area contributed by atoms with Crippen LogP contribution in [0.1, 0.15) is 13.3 Å². The zero-order valence-corrected chi connectivity index (χ0v) is 11.7. The molecular weight excluding hydrogens is 256 g/mol. The summed E-state index contributed by atoms with van der Waals surface area (Å²) in [7, 11) is -2.91. The third kappa shape index (κ3) is 5.79. The molecule has 1 aliphatic heterocycles. The van der Waals surface area contributed by atoms with Crippen LogP contribution in [0.2, 0.25) is 0 Å². The standard InChI is InChI=1S/C11H22N2O4S/c1-2-8-18(16,17)9-7-12-3-5-13(6-4-12)10-11(14)15/h2-10H2,1H3,(H,14,15). The molecular formula is C11H22N2O4S. The summed E-state index contributed by atoms with van der Waals surface area (Å²) in [4.78, 5) is 14.5. The highest BCUT2D eigenvalue weighted by Gasteiger charge is 2.20. The van der Waals surface area contributed by atoms with Gasteiger partial charge in [0.15, 0.2) is 9.84 Å². The second-order valence-electron chi connectivity index (χ2n) is 4.66. The minimum absolute atomic E-state index is 0.0714. The predicted molar refractivity (Wildman–Crippen MR) is 69.5 cm³/mol. The maximum absolute atomic E-state index is 11.6. The summed E-state index contributed by atoms with van der Waals surface area (Å²) >= 11 is 0. The molecule has 0 aliphatic carbocycles. The van der Waals surface area contributed by atoms with Gasteiger partial charge < -0.3 is 5.11 Å². The van der Waals surface area contributed by atoms with E-state index in [1.165, 1.54) is 0 Å². The molecule has 0 spiro atoms. The van der Waals surface area contributed by atoms with Crippen molar-refractivity contribution in [1.82, 2.24) is 9.80 Å². The van der Waals surface area contributed by atoms with Crippen LogP contribution in [-0.2, 0) is 14.6 Å². The first-order chi connectivity index (χ1) is 8.43. The normalized spacial score (nSPS) is 18.9. The number of nitrogens with zero attached hydrogens (tertiary/aromatic N) is 2. The lowest BCUT2D eigenvalue weighted by Crippen LogP contribution is -2.48. The lowest BCUT2D eigenvalue weighted by Gasteiger charge is -2.33. The van der Waals surface area contributed by atoms with Crippen molar-refractivity contribution in [3.05, 3.63) is 0 Å². The van der Waals surface area contributed by atoms with Crippen LogP contribution >= 0.6 is 0 Å². The second-order valence-corrected chi connectivity index (χ2v) is 6.97. The van der Waals surface area contributed by atoms with Gasteiger partial charge in [0.05, 0.1) is 12.3 Å². The van der Waals surface area contributed by atoms with Crippen LogP contribution in [0, 0.1) is 0 Å². The van der Waals surface area contributed by atoms with Crippen LogP contribution in [0.15, 0.2) is 0 Å². The third-order valence-corrected chi connectivity index (χ3v) is 4.89. The molecule has 1 heterocycles. The van der Waals surface area contributed by atoms with Gasteiger partial charge in [0.2, 0.25) is 0 Å². The summed E-state index contributed by atoms with van der Waals surface area (Å²) in [6.07, 6.45) is 0.661. The molecule has 106 valence electrons. The Kier molecular flexibility index (Phi) is 6.04. The molecule has 0 bridgehead atoms. The van der Waals surface area contributed by atoms with Gasteiger partial charge in [-0.2, -0.15) is 0 Å². The van der Waals surface area contributed by atoms with E-state index in [1.54, 1.807) is 0 Å². The Morgan fingerprint density at radius 3 is 2.17 bits per heavy atom. The molecule has 1 saturated heterocycles. The summed E-state index contributed by atoms with van der Waals surface area (Å²) in [5.74, 6) is -0.347. The van der Waals surface area contributed by atoms with Crippen LogP contribution in [-0.4, -0.2) is 80.1 Å². The average Bonchev–Trinajstić information content (AvgIpc) is 2.27. The van der Waals surface area contributed by atoms with Crippen LogP contribution < -0.4 is 0 Å². The highest BCUT2D eigenvalue weighted by atomic mass is 32.2. The molecule has 0 amide bonds. The second kappa shape index (κ2) is 7.06. The lowest BCUT2D eigenvalue weighted by atomic mass is 10.3. The van der Waals surface area contributed by atoms with E-state index in [9.17, 15) is 13.2 Å². The summed E-state index contributed by atoms with van der Waals surface area (Å²) in [6.45, 7) is 5.37. The van der Waals surface area contributed by atoms with E-state index in [4.69, 9.17) is 5.11 Å². The van der Waals surface area contributed by atoms with E-state index in [0.717, 1.165) is 13.1 Å². The summed E-state index contributed by atoms with van der Waals surface area (Å²) in [6, 6.07) is 0. The molecule has 0 unspecified atom stereocenters. The molecule has 0 aromatic carbocycles. The van der Waals surface area contributed by atoms with Crippen molar-refractivity contribution in [1.29, 1.82) is 0 Å². The van der Waals surface area contributed by atoms with Crippen molar-refractivity contribution in [2.75, 3.05) is 50.8 Å². The molecule has 1 aliphatic rings. The van der Waals surface area contributed by atoms with E-state index < -0.39 is 15.8 Å². The Labute approximate surface area is 108 Å². The van der Waals surface area contributed by atoms with Crippen molar-refractivity contribution in [2.24, 2.45) is 0 Å². The van der Waals surface area contributed by atoms with Crippen LogP contribution in [0.25, 0.3) is 0 Å². The molecule has 1 N–H and O–H groups in total. The molecule has 0 atom stereocenters. The van der Waals surface area contributed by atoms with Gasteiger partial charge in [0, 0.05) is 38.5 Å². The summed E-state index contributed by atoms with van der Waals surface area (Å²) < 4.78 is 23.1. The number of carboxylic acids is 1. The number of aliphatic carboxylic acids is 1. The first-order valence-corrected chi connectivity index (χ1v) is 8.12. The summed E-state index contributed by atoms with van der Waals surface area (Å²) in [5, 5.41) is 8.67. The maximum Gasteiger partial charge on any atom is 0.317 e. The molecule has 7 heteroatoms. The SMILES string of the molecule is CCCS(=O)(=O)CCN1CCN(CC(=O)O)CC1. The zero-order chi connectivity index (χ0) is 13.6. The average molecular weight is 278 g/mol. The Hall–Kier alpha value is -0.660. The lowest BCUT2D eigenvalue weighted by molar-refractivity contribution is -0.138. The molecule has 1 rings (SSSR count). The predicted octanol–water partition coefficient (Wildman–Crippen LogP) is -0.487. The highest BCUT2D eigenvalue weighted by Crippen LogP contribution is 2.03. The molecule has 6 nitrogen and oxygen atoms in total. The zero-order valence-electron chi connectivity index (χ0n) is 10.8. The molecule has 0 aromatic rings. The first kappa shape index (κ1) is 15.4. The molecule has 0 saturated carbocycles. The Bertz CT molecular complexity index is 361. The number of hydrogen-bond acceptors (Lipinski definition) is 5. The van der Waals surface area contributed by atoms with Gasteiger partial charge >= 0.3 is 5.97 Å². The fourth-order valence-corrected chi connectivity index (χ4v) is 3.41. The Morgan fingerprint density at radius 1 is 1.11 bits per heavy atom. The van der Waals surface area contributed by atoms with Crippen molar-refractivity contribution >= 4 is 15.8 Å². The molecule has 1 fully saturated rings. The van der Waals surface area contributed by atoms with Crippen molar-refractivity contribution in [2.45, 2.75) is 13.3 Å². The fourth-order valence-electron chi connectivity index (χ4n) is 2.04. The van der Waals surface area contributed by atoms with Gasteiger partial charge in [0.1, 0.15) is 0 Å². The van der Waals surface area contributed by atoms with Gasteiger partial charge in [-0.25, -0.2) is 8.42 Å². The number of hydrogen-bond donors (Lipinski definition) is 1. The highest BCUT2D eigenvalue weighted by molar-refractivity contribution is 7.91. The quantitative estimate of drug-likeness (QED) is 0.677. The molecule has 0 aromatic heterocycles. The monoisotopic (exact) mass is 278 g/mol. The third-order valence-electron chi connectivity index (χ3n) is 3.06. The van der Waals surface area contributed by atoms with E-state index >= 15 is 0 Å². The number of rotatable bonds is 7. The fraction of sp³-hybridized carbons (Fsp3) is 0.909. The Morgan fingerprint density at radius 2 is 1.67 bits per heavy atom. The number of carboxylic acid groups (broad SMARTS) is 1. The first-order valence-electron chi connectivity index (χ1n) is 6.30. The van der Waals surface area contributed by atoms with Crippen molar-refractivity contribution in [3.63, 3.8) is 0 Å². The largest absolute Gasteiger partial charge is 0.480 e. The van der Waals surface area contributed by atoms with Gasteiger partial charge in [-0.05, 0) is 6.42 Å². The van der Waals surface area contributed by atoms with Crippen LogP contribution in [0.5, 0.6) is 0 Å². The van der Waals surface area contributed by atoms with E-state index in [0.29, 0.717) is 26.1 Å². The van der Waals surface area contributed by atoms with Crippen molar-refractivity contribution in [3.8, 4) is 0 Å². The van der Waals surface area contributed by atoms with Gasteiger partial charge in [-0.15, -0.1) is 0 Å². The maximum atomic E-state index is 11.6. The van der Waals surface area contributed by atoms with Gasteiger partial charge in [0.25, 0.3) is 0 Å². The molecule has 0 radical (unpaired) electrons. The van der Waals surface area contributed by atoms with E-state index in [2.05, 4.69) is 4.90 Å². The van der Waals surface area contributed by atoms with Crippen molar-refractivity contribution < 1.29 is 18.3 Å². The van der Waals surface area contributed by atoms with E-state index in [1.807, 2.05) is 11.8 Å². The summed E-state index contributed by atoms with van der Waals surface area (Å²) in [5.41, 5.74) is 0. The smallest absolute Gasteiger partial charge is 0.317 e. The molecule has 18 heavy (non-hydrogen) atoms. The van der Waals surface area contributed by atoms with Crippen LogP contribution in [0.4, 0.5) is 0 Å². The minimum Gasteiger partial charge on any atom is -0.480 e. The van der Waals surface area contributed by atoms with E-state index in [-0.39, 0.29) is 18.1 Å². The minimum atomic E-state index is -2.91. The topological polar surface area (TPSA) is 77.9 Å². The number of carbonyl (C=O) groups is 1. The van der Waals surface area contributed by atoms with Crippen LogP contribution in [0.3, 0.4) is 0 Å². The number of sulfone groups is 1. The van der Waals surface area contributed by atoms with Gasteiger partial charge in [-0.1, -0.05) is 6.92 Å². The Balaban J connectivity index is 2.25. The van der Waals surface area contributed by atoms with Gasteiger partial charge in [-0.3, -0.25) is 14.6 Å². The number of piperazine rings is 1.